The molecule has 1 saturated heterocycles. The Balaban J connectivity index is 1.70. The minimum atomic E-state index is -3.88. The number of fused-ring (bicyclic) bond motifs is 1. The lowest BCUT2D eigenvalue weighted by atomic mass is 10.1. The number of anilines is 1. The molecule has 2 aromatic carbocycles. The quantitative estimate of drug-likeness (QED) is 0.735. The zero-order chi connectivity index (χ0) is 20.8. The van der Waals surface area contributed by atoms with Gasteiger partial charge in [0.15, 0.2) is 0 Å². The molecule has 9 heteroatoms. The highest BCUT2D eigenvalue weighted by Crippen LogP contribution is 2.38. The Bertz CT molecular complexity index is 1130. The normalized spacial score (nSPS) is 20.6. The summed E-state index contributed by atoms with van der Waals surface area (Å²) in [4.78, 5) is 0.204. The largest absolute Gasteiger partial charge is 0.264 e. The zero-order valence-corrected chi connectivity index (χ0v) is 17.7. The van der Waals surface area contributed by atoms with Gasteiger partial charge >= 0.3 is 0 Å². The molecule has 2 heterocycles. The number of nitrogens with zero attached hydrogens (tertiary/aromatic N) is 2. The summed E-state index contributed by atoms with van der Waals surface area (Å²) in [5.41, 5.74) is 1.15. The van der Waals surface area contributed by atoms with Crippen LogP contribution in [0.25, 0.3) is 0 Å². The van der Waals surface area contributed by atoms with Crippen molar-refractivity contribution in [3.63, 3.8) is 0 Å². The fraction of sp³-hybridized carbons (Fsp3) is 0.400. The summed E-state index contributed by atoms with van der Waals surface area (Å²) < 4.78 is 68.2. The Kier molecular flexibility index (Phi) is 5.16. The van der Waals surface area contributed by atoms with Crippen molar-refractivity contribution in [1.29, 1.82) is 0 Å². The first-order valence-electron chi connectivity index (χ1n) is 9.64. The number of sulfonamides is 2. The maximum atomic E-state index is 13.2. The van der Waals surface area contributed by atoms with E-state index >= 15 is 0 Å². The predicted molar refractivity (Wildman–Crippen MR) is 108 cm³/mol. The third-order valence-electron chi connectivity index (χ3n) is 5.53. The maximum Gasteiger partial charge on any atom is 0.264 e. The SMILES string of the molecule is C[C@@H]1Cc2cc(S(=O)(=O)N3CCCCC3)ccc2N1S(=O)(=O)c1ccc(F)cc1. The van der Waals surface area contributed by atoms with Crippen LogP contribution >= 0.6 is 0 Å². The average molecular weight is 439 g/mol. The highest BCUT2D eigenvalue weighted by Gasteiger charge is 2.37. The molecule has 0 aromatic heterocycles. The molecule has 0 bridgehead atoms. The number of benzene rings is 2. The van der Waals surface area contributed by atoms with Crippen molar-refractivity contribution in [3.05, 3.63) is 53.8 Å². The van der Waals surface area contributed by atoms with E-state index in [9.17, 15) is 21.2 Å². The lowest BCUT2D eigenvalue weighted by Crippen LogP contribution is -2.36. The van der Waals surface area contributed by atoms with E-state index < -0.39 is 25.9 Å². The first kappa shape index (κ1) is 20.3. The average Bonchev–Trinajstić information content (AvgIpc) is 3.04. The van der Waals surface area contributed by atoms with Gasteiger partial charge in [0.05, 0.1) is 15.5 Å². The van der Waals surface area contributed by atoms with E-state index in [-0.39, 0.29) is 15.8 Å². The summed E-state index contributed by atoms with van der Waals surface area (Å²) in [6.45, 7) is 2.81. The molecule has 0 unspecified atom stereocenters. The molecule has 0 N–H and O–H groups in total. The second-order valence-electron chi connectivity index (χ2n) is 7.56. The topological polar surface area (TPSA) is 74.8 Å². The molecule has 2 aliphatic rings. The fourth-order valence-corrected chi connectivity index (χ4v) is 7.34. The van der Waals surface area contributed by atoms with E-state index in [0.717, 1.165) is 31.4 Å². The Morgan fingerprint density at radius 1 is 0.862 bits per heavy atom. The van der Waals surface area contributed by atoms with Crippen LogP contribution in [0.15, 0.2) is 52.3 Å². The van der Waals surface area contributed by atoms with Gasteiger partial charge in [0, 0.05) is 19.1 Å². The standard InChI is InChI=1S/C20H23FN2O4S2/c1-15-13-16-14-19(28(24,25)22-11-3-2-4-12-22)9-10-20(16)23(15)29(26,27)18-7-5-17(21)6-8-18/h5-10,14-15H,2-4,11-13H2,1H3/t15-/m1/s1. The van der Waals surface area contributed by atoms with E-state index in [4.69, 9.17) is 0 Å². The molecule has 29 heavy (non-hydrogen) atoms. The fourth-order valence-electron chi connectivity index (χ4n) is 4.08. The van der Waals surface area contributed by atoms with E-state index in [1.807, 2.05) is 0 Å². The Morgan fingerprint density at radius 2 is 1.48 bits per heavy atom. The van der Waals surface area contributed by atoms with Crippen LogP contribution in [0.1, 0.15) is 31.7 Å². The van der Waals surface area contributed by atoms with Gasteiger partial charge in [-0.2, -0.15) is 4.31 Å². The highest BCUT2D eigenvalue weighted by atomic mass is 32.2. The number of hydrogen-bond donors (Lipinski definition) is 0. The lowest BCUT2D eigenvalue weighted by Gasteiger charge is -2.26. The Hall–Kier alpha value is -1.97. The van der Waals surface area contributed by atoms with Gasteiger partial charge in [0.1, 0.15) is 5.82 Å². The van der Waals surface area contributed by atoms with Crippen molar-refractivity contribution in [2.75, 3.05) is 17.4 Å². The predicted octanol–water partition coefficient (Wildman–Crippen LogP) is 3.14. The molecule has 0 spiro atoms. The van der Waals surface area contributed by atoms with Gasteiger partial charge in [0.25, 0.3) is 10.0 Å². The van der Waals surface area contributed by atoms with Crippen molar-refractivity contribution in [2.24, 2.45) is 0 Å². The van der Waals surface area contributed by atoms with E-state index in [2.05, 4.69) is 0 Å². The van der Waals surface area contributed by atoms with Crippen molar-refractivity contribution in [3.8, 4) is 0 Å². The van der Waals surface area contributed by atoms with E-state index in [1.54, 1.807) is 19.1 Å². The first-order valence-corrected chi connectivity index (χ1v) is 12.5. The van der Waals surface area contributed by atoms with E-state index in [1.165, 1.54) is 26.8 Å². The second kappa shape index (κ2) is 7.37. The highest BCUT2D eigenvalue weighted by molar-refractivity contribution is 7.93. The third kappa shape index (κ3) is 3.55. The summed E-state index contributed by atoms with van der Waals surface area (Å²) in [6.07, 6.45) is 3.15. The molecule has 0 saturated carbocycles. The molecule has 0 radical (unpaired) electrons. The van der Waals surface area contributed by atoms with Gasteiger partial charge in [0.2, 0.25) is 10.0 Å². The number of rotatable bonds is 4. The molecular weight excluding hydrogens is 415 g/mol. The van der Waals surface area contributed by atoms with Crippen molar-refractivity contribution >= 4 is 25.7 Å². The summed E-state index contributed by atoms with van der Waals surface area (Å²) in [7, 11) is -7.47. The van der Waals surface area contributed by atoms with Crippen LogP contribution in [0.2, 0.25) is 0 Å². The van der Waals surface area contributed by atoms with E-state index in [0.29, 0.717) is 30.8 Å². The molecular formula is C20H23FN2O4S2. The van der Waals surface area contributed by atoms with Crippen molar-refractivity contribution in [2.45, 2.75) is 48.4 Å². The molecule has 156 valence electrons. The first-order chi connectivity index (χ1) is 13.7. The summed E-state index contributed by atoms with van der Waals surface area (Å²) in [6, 6.07) is 8.98. The van der Waals surface area contributed by atoms with Crippen LogP contribution in [-0.4, -0.2) is 40.3 Å². The molecule has 0 aliphatic carbocycles. The van der Waals surface area contributed by atoms with Crippen LogP contribution in [0, 0.1) is 5.82 Å². The number of halogens is 1. The Morgan fingerprint density at radius 3 is 2.14 bits per heavy atom. The molecule has 4 rings (SSSR count). The molecule has 2 aromatic rings. The van der Waals surface area contributed by atoms with Crippen LogP contribution < -0.4 is 4.31 Å². The zero-order valence-electron chi connectivity index (χ0n) is 16.1. The van der Waals surface area contributed by atoms with Crippen LogP contribution in [0.5, 0.6) is 0 Å². The van der Waals surface area contributed by atoms with Gasteiger partial charge in [-0.25, -0.2) is 21.2 Å². The molecule has 2 aliphatic heterocycles. The van der Waals surface area contributed by atoms with Gasteiger partial charge in [-0.05, 0) is 74.2 Å². The monoisotopic (exact) mass is 438 g/mol. The minimum absolute atomic E-state index is 0.00335. The molecule has 0 amide bonds. The van der Waals surface area contributed by atoms with Crippen LogP contribution in [-0.2, 0) is 26.5 Å². The molecule has 1 atom stereocenters. The van der Waals surface area contributed by atoms with Crippen LogP contribution in [0.3, 0.4) is 0 Å². The Labute approximate surface area is 171 Å². The lowest BCUT2D eigenvalue weighted by molar-refractivity contribution is 0.346. The van der Waals surface area contributed by atoms with Gasteiger partial charge in [-0.3, -0.25) is 4.31 Å². The number of piperidine rings is 1. The van der Waals surface area contributed by atoms with Gasteiger partial charge < -0.3 is 0 Å². The smallest absolute Gasteiger partial charge is 0.263 e. The second-order valence-corrected chi connectivity index (χ2v) is 11.3. The maximum absolute atomic E-state index is 13.2. The van der Waals surface area contributed by atoms with Crippen molar-refractivity contribution < 1.29 is 21.2 Å². The third-order valence-corrected chi connectivity index (χ3v) is 9.36. The summed E-state index contributed by atoms with van der Waals surface area (Å²) >= 11 is 0. The van der Waals surface area contributed by atoms with Crippen molar-refractivity contribution in [1.82, 2.24) is 4.31 Å². The van der Waals surface area contributed by atoms with Gasteiger partial charge in [-0.1, -0.05) is 6.42 Å². The van der Waals surface area contributed by atoms with Gasteiger partial charge in [-0.15, -0.1) is 0 Å². The van der Waals surface area contributed by atoms with Crippen LogP contribution in [0.4, 0.5) is 10.1 Å². The number of hydrogen-bond acceptors (Lipinski definition) is 4. The molecule has 6 nitrogen and oxygen atoms in total. The minimum Gasteiger partial charge on any atom is -0.263 e. The summed E-state index contributed by atoms with van der Waals surface area (Å²) in [5.74, 6) is -0.508. The molecule has 1 fully saturated rings. The summed E-state index contributed by atoms with van der Waals surface area (Å²) in [5, 5.41) is 0.